The van der Waals surface area contributed by atoms with E-state index < -0.39 is 22.0 Å². The molecule has 0 radical (unpaired) electrons. The smallest absolute Gasteiger partial charge is 0.321 e. The van der Waals surface area contributed by atoms with Crippen molar-refractivity contribution < 1.29 is 18.3 Å². The van der Waals surface area contributed by atoms with Gasteiger partial charge in [0.05, 0.1) is 10.0 Å². The van der Waals surface area contributed by atoms with E-state index in [4.69, 9.17) is 28.3 Å². The molecule has 0 fully saturated rings. The Labute approximate surface area is 127 Å². The van der Waals surface area contributed by atoms with Gasteiger partial charge in [-0.25, -0.2) is 8.42 Å². The lowest BCUT2D eigenvalue weighted by Crippen LogP contribution is -2.40. The van der Waals surface area contributed by atoms with Crippen LogP contribution >= 0.6 is 23.2 Å². The quantitative estimate of drug-likeness (QED) is 0.834. The first-order valence-corrected chi connectivity index (χ1v) is 8.14. The highest BCUT2D eigenvalue weighted by molar-refractivity contribution is 7.89. The number of carbonyl (C=O) groups is 1. The number of rotatable bonds is 6. The molecular weight excluding hydrogens is 325 g/mol. The van der Waals surface area contributed by atoms with Gasteiger partial charge < -0.3 is 5.11 Å². The fourth-order valence-corrected chi connectivity index (χ4v) is 4.06. The molecule has 0 aromatic heterocycles. The number of carboxylic acids is 1. The zero-order valence-electron chi connectivity index (χ0n) is 11.0. The predicted octanol–water partition coefficient (Wildman–Crippen LogP) is 2.83. The lowest BCUT2D eigenvalue weighted by molar-refractivity contribution is -0.139. The van der Waals surface area contributed by atoms with Crippen molar-refractivity contribution >= 4 is 39.2 Å². The molecule has 0 saturated carbocycles. The summed E-state index contributed by atoms with van der Waals surface area (Å²) < 4.78 is 26.7. The number of aryl methyl sites for hydroxylation is 1. The monoisotopic (exact) mass is 339 g/mol. The van der Waals surface area contributed by atoms with Gasteiger partial charge in [-0.3, -0.25) is 4.79 Å². The topological polar surface area (TPSA) is 83.5 Å². The van der Waals surface area contributed by atoms with Crippen LogP contribution in [0.15, 0.2) is 17.0 Å². The average molecular weight is 340 g/mol. The van der Waals surface area contributed by atoms with Gasteiger partial charge in [0.1, 0.15) is 10.9 Å². The van der Waals surface area contributed by atoms with Crippen molar-refractivity contribution in [3.05, 3.63) is 27.7 Å². The number of nitrogens with one attached hydrogen (secondary N) is 1. The Kier molecular flexibility index (Phi) is 5.82. The molecule has 1 unspecified atom stereocenters. The second-order valence-corrected chi connectivity index (χ2v) is 6.74. The van der Waals surface area contributed by atoms with Crippen LogP contribution in [0.5, 0.6) is 0 Å². The molecule has 0 aliphatic carbocycles. The Balaban J connectivity index is 3.24. The maximum Gasteiger partial charge on any atom is 0.321 e. The van der Waals surface area contributed by atoms with Crippen molar-refractivity contribution in [3.63, 3.8) is 0 Å². The maximum absolute atomic E-state index is 12.3. The second kappa shape index (κ2) is 6.76. The molecule has 8 heteroatoms. The third-order valence-electron chi connectivity index (χ3n) is 2.68. The number of halogens is 2. The first-order valence-electron chi connectivity index (χ1n) is 5.90. The van der Waals surface area contributed by atoms with Gasteiger partial charge >= 0.3 is 5.97 Å². The third-order valence-corrected chi connectivity index (χ3v) is 5.27. The minimum absolute atomic E-state index is 0.00867. The van der Waals surface area contributed by atoms with Crippen LogP contribution < -0.4 is 4.72 Å². The van der Waals surface area contributed by atoms with Crippen LogP contribution in [0.2, 0.25) is 10.0 Å². The number of aliphatic carboxylic acids is 1. The van der Waals surface area contributed by atoms with Crippen molar-refractivity contribution in [1.29, 1.82) is 0 Å². The molecule has 20 heavy (non-hydrogen) atoms. The molecule has 0 spiro atoms. The van der Waals surface area contributed by atoms with Gasteiger partial charge in [0.2, 0.25) is 10.0 Å². The van der Waals surface area contributed by atoms with Gasteiger partial charge in [-0.2, -0.15) is 4.72 Å². The number of benzene rings is 1. The molecule has 112 valence electrons. The summed E-state index contributed by atoms with van der Waals surface area (Å²) in [5, 5.41) is 8.96. The van der Waals surface area contributed by atoms with Gasteiger partial charge in [0.15, 0.2) is 0 Å². The molecule has 0 heterocycles. The van der Waals surface area contributed by atoms with Gasteiger partial charge in [0.25, 0.3) is 0 Å². The minimum Gasteiger partial charge on any atom is -0.480 e. The van der Waals surface area contributed by atoms with Crippen molar-refractivity contribution in [2.75, 3.05) is 0 Å². The minimum atomic E-state index is -4.11. The van der Waals surface area contributed by atoms with E-state index in [9.17, 15) is 13.2 Å². The Bertz CT molecular complexity index is 616. The molecule has 0 aliphatic rings. The summed E-state index contributed by atoms with van der Waals surface area (Å²) in [6.07, 6.45) is 0.699. The Morgan fingerprint density at radius 3 is 2.50 bits per heavy atom. The van der Waals surface area contributed by atoms with Crippen LogP contribution in [0.25, 0.3) is 0 Å². The zero-order valence-corrected chi connectivity index (χ0v) is 13.3. The van der Waals surface area contributed by atoms with Crippen LogP contribution in [-0.2, 0) is 14.8 Å². The maximum atomic E-state index is 12.3. The van der Waals surface area contributed by atoms with Gasteiger partial charge in [0, 0.05) is 0 Å². The van der Waals surface area contributed by atoms with Crippen LogP contribution in [0.4, 0.5) is 0 Å². The Morgan fingerprint density at radius 2 is 2.00 bits per heavy atom. The van der Waals surface area contributed by atoms with E-state index in [2.05, 4.69) is 4.72 Å². The highest BCUT2D eigenvalue weighted by Gasteiger charge is 2.28. The summed E-state index contributed by atoms with van der Waals surface area (Å²) in [5.74, 6) is -1.24. The molecule has 0 aliphatic heterocycles. The first kappa shape index (κ1) is 17.2. The van der Waals surface area contributed by atoms with E-state index in [0.717, 1.165) is 0 Å². The Morgan fingerprint density at radius 1 is 1.40 bits per heavy atom. The molecule has 1 rings (SSSR count). The van der Waals surface area contributed by atoms with E-state index in [1.165, 1.54) is 6.07 Å². The summed E-state index contributed by atoms with van der Waals surface area (Å²) >= 11 is 11.8. The molecule has 0 amide bonds. The molecule has 2 N–H and O–H groups in total. The van der Waals surface area contributed by atoms with Gasteiger partial charge in [-0.05, 0) is 25.0 Å². The molecule has 0 saturated heterocycles. The summed E-state index contributed by atoms with van der Waals surface area (Å²) in [6, 6.07) is 1.79. The number of sulfonamides is 1. The van der Waals surface area contributed by atoms with Crippen LogP contribution in [0.1, 0.15) is 25.3 Å². The van der Waals surface area contributed by atoms with Crippen molar-refractivity contribution in [2.45, 2.75) is 37.6 Å². The number of carboxylic acid groups (broad SMARTS) is 1. The van der Waals surface area contributed by atoms with E-state index in [-0.39, 0.29) is 21.4 Å². The number of hydrogen-bond acceptors (Lipinski definition) is 3. The molecule has 1 atom stereocenters. The summed E-state index contributed by atoms with van der Waals surface area (Å²) in [7, 11) is -4.11. The zero-order chi connectivity index (χ0) is 15.5. The summed E-state index contributed by atoms with van der Waals surface area (Å²) in [6.45, 7) is 3.40. The SMILES string of the molecule is CCCC(NS(=O)(=O)c1c(Cl)ccc(C)c1Cl)C(=O)O. The van der Waals surface area contributed by atoms with Crippen molar-refractivity contribution in [3.8, 4) is 0 Å². The fourth-order valence-electron chi connectivity index (χ4n) is 1.64. The highest BCUT2D eigenvalue weighted by atomic mass is 35.5. The molecule has 0 bridgehead atoms. The highest BCUT2D eigenvalue weighted by Crippen LogP contribution is 2.31. The van der Waals surface area contributed by atoms with Crippen molar-refractivity contribution in [1.82, 2.24) is 4.72 Å². The lowest BCUT2D eigenvalue weighted by atomic mass is 10.2. The molecule has 1 aromatic rings. The fraction of sp³-hybridized carbons (Fsp3) is 0.417. The standard InChI is InChI=1S/C12H15Cl2NO4S/c1-3-4-9(12(16)17)15-20(18,19)11-8(13)6-5-7(2)10(11)14/h5-6,9,15H,3-4H2,1-2H3,(H,16,17). The largest absolute Gasteiger partial charge is 0.480 e. The van der Waals surface area contributed by atoms with E-state index in [1.54, 1.807) is 19.9 Å². The Hall–Kier alpha value is -0.820. The second-order valence-electron chi connectivity index (χ2n) is 4.31. The number of hydrogen-bond donors (Lipinski definition) is 2. The van der Waals surface area contributed by atoms with Gasteiger partial charge in [-0.15, -0.1) is 0 Å². The summed E-state index contributed by atoms with van der Waals surface area (Å²) in [5.41, 5.74) is 0.541. The molecular formula is C12H15Cl2NO4S. The molecule has 5 nitrogen and oxygen atoms in total. The summed E-state index contributed by atoms with van der Waals surface area (Å²) in [4.78, 5) is 10.8. The van der Waals surface area contributed by atoms with E-state index >= 15 is 0 Å². The van der Waals surface area contributed by atoms with Crippen molar-refractivity contribution in [2.24, 2.45) is 0 Å². The van der Waals surface area contributed by atoms with Gasteiger partial charge in [-0.1, -0.05) is 42.6 Å². The average Bonchev–Trinajstić information content (AvgIpc) is 2.33. The third kappa shape index (κ3) is 3.85. The van der Waals surface area contributed by atoms with E-state index in [0.29, 0.717) is 12.0 Å². The van der Waals surface area contributed by atoms with Crippen LogP contribution in [-0.4, -0.2) is 25.5 Å². The lowest BCUT2D eigenvalue weighted by Gasteiger charge is -2.16. The normalized spacial score (nSPS) is 13.2. The van der Waals surface area contributed by atoms with E-state index in [1.807, 2.05) is 0 Å². The van der Waals surface area contributed by atoms with Crippen LogP contribution in [0, 0.1) is 6.92 Å². The predicted molar refractivity (Wildman–Crippen MR) is 77.9 cm³/mol. The molecule has 1 aromatic carbocycles. The first-order chi connectivity index (χ1) is 9.20. The van der Waals surface area contributed by atoms with Crippen LogP contribution in [0.3, 0.4) is 0 Å².